The summed E-state index contributed by atoms with van der Waals surface area (Å²) in [6.07, 6.45) is 9.24. The molecule has 5 aliphatic rings. The maximum atomic E-state index is 13.8. The smallest absolute Gasteiger partial charge is 0.413 e. The lowest BCUT2D eigenvalue weighted by atomic mass is 9.83. The Balaban J connectivity index is 1.08. The SMILES string of the molecule is Cc1cc2c(c3c1CN=C3)Cn1c(C3(C)CC3)cnc1[C@H](NC(=O)N1CCC3(CC1)OC(=O)Nc1ncccc13)C2. The fraction of sp³-hybridized carbons (Fsp3) is 0.452. The summed E-state index contributed by atoms with van der Waals surface area (Å²) in [5, 5.41) is 6.05. The zero-order valence-electron chi connectivity index (χ0n) is 23.4. The molecule has 1 atom stereocenters. The summed E-state index contributed by atoms with van der Waals surface area (Å²) in [7, 11) is 0. The standard InChI is InChI=1S/C31H33N7O3/c1-18-12-19-13-24(27-34-16-25(30(2)5-6-30)38(27)17-22(19)21-15-32-14-20(18)21)35-28(39)37-10-7-31(8-11-37)23-4-3-9-33-26(23)36-29(40)41-31/h3-4,9,12,15-16,24H,5-8,10-11,13-14,17H2,1-2H3,(H,35,39)(H,33,36,40)/t24-/m1/s1. The lowest BCUT2D eigenvalue weighted by Gasteiger charge is -2.43. The van der Waals surface area contributed by atoms with Gasteiger partial charge in [-0.05, 0) is 54.2 Å². The molecular formula is C31H33N7O3. The fourth-order valence-corrected chi connectivity index (χ4v) is 7.22. The first-order valence-electron chi connectivity index (χ1n) is 14.5. The van der Waals surface area contributed by atoms with E-state index in [4.69, 9.17) is 9.72 Å². The molecule has 10 heteroatoms. The number of likely N-dealkylation sites (tertiary alicyclic amines) is 1. The molecule has 1 spiro atoms. The van der Waals surface area contributed by atoms with Crippen LogP contribution in [0.3, 0.4) is 0 Å². The first-order valence-corrected chi connectivity index (χ1v) is 14.5. The van der Waals surface area contributed by atoms with Gasteiger partial charge in [-0.2, -0.15) is 0 Å². The maximum Gasteiger partial charge on any atom is 0.413 e. The van der Waals surface area contributed by atoms with Crippen molar-refractivity contribution in [2.24, 2.45) is 4.99 Å². The number of piperidine rings is 1. The predicted octanol–water partition coefficient (Wildman–Crippen LogP) is 4.48. The highest BCUT2D eigenvalue weighted by Gasteiger charge is 2.47. The number of carbonyl (C=O) groups excluding carboxylic acids is 2. The third-order valence-corrected chi connectivity index (χ3v) is 9.89. The molecule has 3 amide bonds. The van der Waals surface area contributed by atoms with Crippen LogP contribution in [-0.2, 0) is 35.3 Å². The average Bonchev–Trinajstić information content (AvgIpc) is 3.35. The van der Waals surface area contributed by atoms with Gasteiger partial charge in [-0.15, -0.1) is 0 Å². The van der Waals surface area contributed by atoms with E-state index in [1.54, 1.807) is 6.20 Å². The van der Waals surface area contributed by atoms with Crippen LogP contribution in [0.4, 0.5) is 15.4 Å². The van der Waals surface area contributed by atoms with Gasteiger partial charge in [0.15, 0.2) is 0 Å². The molecule has 0 unspecified atom stereocenters. The number of ether oxygens (including phenoxy) is 1. The molecule has 1 aliphatic carbocycles. The van der Waals surface area contributed by atoms with E-state index in [9.17, 15) is 9.59 Å². The van der Waals surface area contributed by atoms with Crippen molar-refractivity contribution in [3.05, 3.63) is 75.5 Å². The summed E-state index contributed by atoms with van der Waals surface area (Å²) in [6, 6.07) is 5.71. The minimum absolute atomic E-state index is 0.117. The second-order valence-corrected chi connectivity index (χ2v) is 12.4. The molecule has 3 aromatic rings. The van der Waals surface area contributed by atoms with Gasteiger partial charge in [0.05, 0.1) is 19.1 Å². The van der Waals surface area contributed by atoms with Crippen LogP contribution in [0.1, 0.15) is 83.5 Å². The van der Waals surface area contributed by atoms with Gasteiger partial charge in [-0.3, -0.25) is 10.3 Å². The van der Waals surface area contributed by atoms with Gasteiger partial charge in [0.25, 0.3) is 0 Å². The van der Waals surface area contributed by atoms with Crippen molar-refractivity contribution in [1.29, 1.82) is 0 Å². The summed E-state index contributed by atoms with van der Waals surface area (Å²) in [5.41, 5.74) is 7.85. The number of hydrogen-bond acceptors (Lipinski definition) is 6. The number of urea groups is 1. The van der Waals surface area contributed by atoms with Crippen molar-refractivity contribution in [3.8, 4) is 0 Å². The largest absolute Gasteiger partial charge is 0.437 e. The highest BCUT2D eigenvalue weighted by Crippen LogP contribution is 2.49. The van der Waals surface area contributed by atoms with Crippen LogP contribution in [0.5, 0.6) is 0 Å². The third kappa shape index (κ3) is 3.79. The number of nitrogens with one attached hydrogen (secondary N) is 2. The number of pyridine rings is 1. The number of anilines is 1. The van der Waals surface area contributed by atoms with E-state index in [0.29, 0.717) is 38.2 Å². The Labute approximate surface area is 238 Å². The molecular weight excluding hydrogens is 518 g/mol. The van der Waals surface area contributed by atoms with Crippen LogP contribution in [0.15, 0.2) is 35.6 Å². The van der Waals surface area contributed by atoms with E-state index >= 15 is 0 Å². The topological polar surface area (TPSA) is 114 Å². The van der Waals surface area contributed by atoms with Gasteiger partial charge in [0.1, 0.15) is 17.2 Å². The van der Waals surface area contributed by atoms with E-state index < -0.39 is 11.7 Å². The molecule has 1 aromatic carbocycles. The van der Waals surface area contributed by atoms with Gasteiger partial charge in [-0.25, -0.2) is 19.6 Å². The molecule has 0 radical (unpaired) electrons. The maximum absolute atomic E-state index is 13.8. The predicted molar refractivity (Wildman–Crippen MR) is 152 cm³/mol. The molecule has 10 nitrogen and oxygen atoms in total. The average molecular weight is 552 g/mol. The number of amides is 3. The van der Waals surface area contributed by atoms with E-state index in [0.717, 1.165) is 37.3 Å². The first kappa shape index (κ1) is 24.6. The van der Waals surface area contributed by atoms with Gasteiger partial charge in [-0.1, -0.05) is 13.0 Å². The minimum Gasteiger partial charge on any atom is -0.437 e. The number of benzene rings is 1. The first-order chi connectivity index (χ1) is 19.8. The molecule has 8 rings (SSSR count). The quantitative estimate of drug-likeness (QED) is 0.488. The highest BCUT2D eigenvalue weighted by atomic mass is 16.6. The lowest BCUT2D eigenvalue weighted by molar-refractivity contribution is -0.0308. The Bertz CT molecular complexity index is 1650. The minimum atomic E-state index is -0.770. The van der Waals surface area contributed by atoms with E-state index in [2.05, 4.69) is 45.1 Å². The van der Waals surface area contributed by atoms with Crippen molar-refractivity contribution in [2.75, 3.05) is 18.4 Å². The van der Waals surface area contributed by atoms with Crippen LogP contribution in [-0.4, -0.2) is 50.9 Å². The van der Waals surface area contributed by atoms with Crippen molar-refractivity contribution in [3.63, 3.8) is 0 Å². The number of aliphatic imine (C=N–C) groups is 1. The Morgan fingerprint density at radius 1 is 1.17 bits per heavy atom. The molecule has 1 saturated carbocycles. The number of fused-ring (bicyclic) bond motifs is 6. The van der Waals surface area contributed by atoms with E-state index in [1.165, 1.54) is 33.5 Å². The number of aromatic nitrogens is 3. The molecule has 6 heterocycles. The summed E-state index contributed by atoms with van der Waals surface area (Å²) >= 11 is 0. The van der Waals surface area contributed by atoms with Crippen LogP contribution in [0.25, 0.3) is 0 Å². The van der Waals surface area contributed by atoms with Crippen molar-refractivity contribution >= 4 is 24.2 Å². The van der Waals surface area contributed by atoms with Gasteiger partial charge < -0.3 is 19.5 Å². The van der Waals surface area contributed by atoms with Crippen LogP contribution in [0.2, 0.25) is 0 Å². The number of imidazole rings is 1. The van der Waals surface area contributed by atoms with E-state index in [1.807, 2.05) is 29.4 Å². The van der Waals surface area contributed by atoms with Crippen molar-refractivity contribution in [1.82, 2.24) is 24.8 Å². The molecule has 210 valence electrons. The molecule has 2 fully saturated rings. The number of carbonyl (C=O) groups is 2. The Morgan fingerprint density at radius 3 is 2.80 bits per heavy atom. The second kappa shape index (κ2) is 8.64. The second-order valence-electron chi connectivity index (χ2n) is 12.4. The van der Waals surface area contributed by atoms with E-state index in [-0.39, 0.29) is 17.5 Å². The summed E-state index contributed by atoms with van der Waals surface area (Å²) in [4.78, 5) is 41.8. The van der Waals surface area contributed by atoms with Gasteiger partial charge in [0.2, 0.25) is 0 Å². The molecule has 2 aromatic heterocycles. The zero-order valence-corrected chi connectivity index (χ0v) is 23.4. The summed E-state index contributed by atoms with van der Waals surface area (Å²) in [5.74, 6) is 1.46. The molecule has 1 saturated heterocycles. The molecule has 0 bridgehead atoms. The number of rotatable bonds is 2. The Morgan fingerprint density at radius 2 is 2.00 bits per heavy atom. The van der Waals surface area contributed by atoms with Crippen LogP contribution in [0, 0.1) is 6.92 Å². The zero-order chi connectivity index (χ0) is 27.9. The van der Waals surface area contributed by atoms with Crippen LogP contribution >= 0.6 is 0 Å². The fourth-order valence-electron chi connectivity index (χ4n) is 7.22. The van der Waals surface area contributed by atoms with Crippen LogP contribution < -0.4 is 10.6 Å². The van der Waals surface area contributed by atoms with Crippen molar-refractivity contribution in [2.45, 2.75) is 76.1 Å². The molecule has 2 N–H and O–H groups in total. The Hall–Kier alpha value is -4.21. The third-order valence-electron chi connectivity index (χ3n) is 9.89. The number of nitrogens with zero attached hydrogens (tertiary/aromatic N) is 5. The summed E-state index contributed by atoms with van der Waals surface area (Å²) < 4.78 is 8.19. The summed E-state index contributed by atoms with van der Waals surface area (Å²) in [6.45, 7) is 6.89. The number of hydrogen-bond donors (Lipinski definition) is 2. The Kier molecular flexibility index (Phi) is 5.18. The van der Waals surface area contributed by atoms with Gasteiger partial charge >= 0.3 is 12.1 Å². The molecule has 4 aliphatic heterocycles. The monoisotopic (exact) mass is 551 g/mol. The van der Waals surface area contributed by atoms with Crippen molar-refractivity contribution < 1.29 is 14.3 Å². The highest BCUT2D eigenvalue weighted by molar-refractivity contribution is 5.88. The number of aryl methyl sites for hydroxylation is 1. The normalized spacial score (nSPS) is 22.5. The van der Waals surface area contributed by atoms with Gasteiger partial charge in [0, 0.05) is 73.2 Å². The lowest BCUT2D eigenvalue weighted by Crippen LogP contribution is -2.52. The molecule has 41 heavy (non-hydrogen) atoms.